The van der Waals surface area contributed by atoms with Gasteiger partial charge in [-0.25, -0.2) is 18.6 Å². The van der Waals surface area contributed by atoms with Crippen LogP contribution in [0.2, 0.25) is 0 Å². The Bertz CT molecular complexity index is 875. The smallest absolute Gasteiger partial charge is 0.332 e. The molecule has 132 valence electrons. The van der Waals surface area contributed by atoms with Crippen LogP contribution in [0, 0.1) is 0 Å². The summed E-state index contributed by atoms with van der Waals surface area (Å²) in [4.78, 5) is 10.7. The molecule has 8 nitrogen and oxygen atoms in total. The van der Waals surface area contributed by atoms with Crippen LogP contribution >= 0.6 is 0 Å². The lowest BCUT2D eigenvalue weighted by atomic mass is 10.1. The quantitative estimate of drug-likeness (QED) is 0.536. The average Bonchev–Trinajstić information content (AvgIpc) is 2.60. The molecule has 25 heavy (non-hydrogen) atoms. The monoisotopic (exact) mass is 362 g/mol. The number of amides is 2. The first kappa shape index (κ1) is 18.3. The van der Waals surface area contributed by atoms with Gasteiger partial charge in [-0.1, -0.05) is 12.1 Å². The summed E-state index contributed by atoms with van der Waals surface area (Å²) in [7, 11) is -2.19. The third kappa shape index (κ3) is 4.95. The molecule has 0 aliphatic carbocycles. The summed E-state index contributed by atoms with van der Waals surface area (Å²) < 4.78 is 32.3. The minimum atomic E-state index is -3.72. The molecule has 2 aromatic rings. The standard InChI is InChI=1S/C16H18N4O4S/c1-11(18-19-16(17)21)12-3-9-15(10-4-12)25(22,23)20-13-5-7-14(24-2)8-6-13/h3-10,20H,1-2H3,(H3,17,19,21)/b18-11-. The van der Waals surface area contributed by atoms with Gasteiger partial charge < -0.3 is 10.5 Å². The second-order valence-corrected chi connectivity index (χ2v) is 6.71. The second-order valence-electron chi connectivity index (χ2n) is 5.03. The highest BCUT2D eigenvalue weighted by Crippen LogP contribution is 2.19. The van der Waals surface area contributed by atoms with Crippen molar-refractivity contribution in [1.29, 1.82) is 0 Å². The highest BCUT2D eigenvalue weighted by molar-refractivity contribution is 7.92. The number of carbonyl (C=O) groups is 1. The number of anilines is 1. The van der Waals surface area contributed by atoms with Gasteiger partial charge >= 0.3 is 6.03 Å². The molecule has 2 rings (SSSR count). The van der Waals surface area contributed by atoms with Crippen LogP contribution in [0.5, 0.6) is 5.75 Å². The number of benzene rings is 2. The molecule has 0 aromatic heterocycles. The summed E-state index contributed by atoms with van der Waals surface area (Å²) in [6, 6.07) is 11.8. The van der Waals surface area contributed by atoms with Gasteiger partial charge in [0.05, 0.1) is 17.7 Å². The van der Waals surface area contributed by atoms with Crippen LogP contribution in [0.1, 0.15) is 12.5 Å². The van der Waals surface area contributed by atoms with E-state index in [1.54, 1.807) is 43.3 Å². The molecular formula is C16H18N4O4S. The van der Waals surface area contributed by atoms with E-state index in [-0.39, 0.29) is 4.90 Å². The lowest BCUT2D eigenvalue weighted by molar-refractivity contribution is 0.249. The van der Waals surface area contributed by atoms with E-state index in [0.717, 1.165) is 0 Å². The van der Waals surface area contributed by atoms with Crippen LogP contribution < -0.4 is 20.6 Å². The van der Waals surface area contributed by atoms with E-state index in [1.807, 2.05) is 0 Å². The Labute approximate surface area is 145 Å². The first-order valence-electron chi connectivity index (χ1n) is 7.19. The molecule has 0 aliphatic heterocycles. The van der Waals surface area contributed by atoms with E-state index in [1.165, 1.54) is 19.2 Å². The fourth-order valence-electron chi connectivity index (χ4n) is 1.95. The number of nitrogens with one attached hydrogen (secondary N) is 2. The summed E-state index contributed by atoms with van der Waals surface area (Å²) in [5.41, 5.74) is 8.62. The van der Waals surface area contributed by atoms with Gasteiger partial charge in [-0.3, -0.25) is 4.72 Å². The van der Waals surface area contributed by atoms with Crippen LogP contribution in [-0.4, -0.2) is 27.3 Å². The van der Waals surface area contributed by atoms with Crippen molar-refractivity contribution >= 4 is 27.5 Å². The zero-order valence-corrected chi connectivity index (χ0v) is 14.5. The SMILES string of the molecule is COc1ccc(NS(=O)(=O)c2ccc(/C(C)=N\NC(N)=O)cc2)cc1. The van der Waals surface area contributed by atoms with Gasteiger partial charge in [0.25, 0.3) is 10.0 Å². The zero-order chi connectivity index (χ0) is 18.4. The van der Waals surface area contributed by atoms with Crippen LogP contribution in [0.4, 0.5) is 10.5 Å². The molecule has 2 amide bonds. The maximum atomic E-state index is 12.4. The zero-order valence-electron chi connectivity index (χ0n) is 13.7. The molecule has 0 saturated carbocycles. The Morgan fingerprint density at radius 1 is 1.08 bits per heavy atom. The minimum Gasteiger partial charge on any atom is -0.497 e. The molecule has 0 heterocycles. The number of ether oxygens (including phenoxy) is 1. The third-order valence-electron chi connectivity index (χ3n) is 3.26. The molecule has 0 aliphatic rings. The molecule has 0 fully saturated rings. The fourth-order valence-corrected chi connectivity index (χ4v) is 3.01. The summed E-state index contributed by atoms with van der Waals surface area (Å²) in [6.07, 6.45) is 0. The predicted molar refractivity (Wildman–Crippen MR) is 95.2 cm³/mol. The molecule has 4 N–H and O–H groups in total. The number of hydrogen-bond donors (Lipinski definition) is 3. The van der Waals surface area contributed by atoms with Crippen molar-refractivity contribution in [3.05, 3.63) is 54.1 Å². The highest BCUT2D eigenvalue weighted by atomic mass is 32.2. The van der Waals surface area contributed by atoms with Gasteiger partial charge in [-0.15, -0.1) is 0 Å². The molecular weight excluding hydrogens is 344 g/mol. The van der Waals surface area contributed by atoms with Crippen molar-refractivity contribution in [2.24, 2.45) is 10.8 Å². The van der Waals surface area contributed by atoms with E-state index in [4.69, 9.17) is 10.5 Å². The molecule has 0 unspecified atom stereocenters. The third-order valence-corrected chi connectivity index (χ3v) is 4.66. The Hall–Kier alpha value is -3.07. The minimum absolute atomic E-state index is 0.0997. The molecule has 0 bridgehead atoms. The number of hydrogen-bond acceptors (Lipinski definition) is 5. The van der Waals surface area contributed by atoms with Crippen molar-refractivity contribution in [3.8, 4) is 5.75 Å². The first-order valence-corrected chi connectivity index (χ1v) is 8.67. The Morgan fingerprint density at radius 2 is 1.68 bits per heavy atom. The van der Waals surface area contributed by atoms with Crippen LogP contribution in [0.25, 0.3) is 0 Å². The molecule has 0 atom stereocenters. The van der Waals surface area contributed by atoms with E-state index in [2.05, 4.69) is 15.2 Å². The van der Waals surface area contributed by atoms with Crippen molar-refractivity contribution in [2.45, 2.75) is 11.8 Å². The van der Waals surface area contributed by atoms with Crippen molar-refractivity contribution in [2.75, 3.05) is 11.8 Å². The number of urea groups is 1. The van der Waals surface area contributed by atoms with E-state index >= 15 is 0 Å². The lowest BCUT2D eigenvalue weighted by Gasteiger charge is -2.09. The largest absolute Gasteiger partial charge is 0.497 e. The summed E-state index contributed by atoms with van der Waals surface area (Å²) >= 11 is 0. The molecule has 2 aromatic carbocycles. The van der Waals surface area contributed by atoms with Crippen molar-refractivity contribution in [3.63, 3.8) is 0 Å². The number of nitrogens with two attached hydrogens (primary N) is 1. The summed E-state index contributed by atoms with van der Waals surface area (Å²) in [6.45, 7) is 1.66. The number of carbonyl (C=O) groups excluding carboxylic acids is 1. The van der Waals surface area contributed by atoms with Gasteiger partial charge in [0.1, 0.15) is 5.75 Å². The maximum absolute atomic E-state index is 12.4. The maximum Gasteiger partial charge on any atom is 0.332 e. The number of rotatable bonds is 6. The van der Waals surface area contributed by atoms with Gasteiger partial charge in [-0.2, -0.15) is 5.10 Å². The van der Waals surface area contributed by atoms with Crippen molar-refractivity contribution in [1.82, 2.24) is 5.43 Å². The van der Waals surface area contributed by atoms with Gasteiger partial charge in [0.2, 0.25) is 0 Å². The Kier molecular flexibility index (Phi) is 5.60. The van der Waals surface area contributed by atoms with Gasteiger partial charge in [0.15, 0.2) is 0 Å². The number of sulfonamides is 1. The molecule has 9 heteroatoms. The predicted octanol–water partition coefficient (Wildman–Crippen LogP) is 1.89. The van der Waals surface area contributed by atoms with Gasteiger partial charge in [-0.05, 0) is 48.9 Å². The number of methoxy groups -OCH3 is 1. The first-order chi connectivity index (χ1) is 11.8. The van der Waals surface area contributed by atoms with Crippen LogP contribution in [0.15, 0.2) is 58.5 Å². The Balaban J connectivity index is 2.16. The summed E-state index contributed by atoms with van der Waals surface area (Å²) in [5.74, 6) is 0.631. The lowest BCUT2D eigenvalue weighted by Crippen LogP contribution is -2.25. The normalized spacial score (nSPS) is 11.7. The number of nitrogens with zero attached hydrogens (tertiary/aromatic N) is 1. The molecule has 0 radical (unpaired) electrons. The topological polar surface area (TPSA) is 123 Å². The Morgan fingerprint density at radius 3 is 2.20 bits per heavy atom. The second kappa shape index (κ2) is 7.67. The van der Waals surface area contributed by atoms with Gasteiger partial charge in [0, 0.05) is 5.69 Å². The van der Waals surface area contributed by atoms with E-state index in [9.17, 15) is 13.2 Å². The van der Waals surface area contributed by atoms with E-state index in [0.29, 0.717) is 22.7 Å². The van der Waals surface area contributed by atoms with Crippen LogP contribution in [0.3, 0.4) is 0 Å². The number of hydrazone groups is 1. The van der Waals surface area contributed by atoms with Crippen molar-refractivity contribution < 1.29 is 17.9 Å². The highest BCUT2D eigenvalue weighted by Gasteiger charge is 2.14. The molecule has 0 saturated heterocycles. The fraction of sp³-hybridized carbons (Fsp3) is 0.125. The number of primary amides is 1. The molecule has 0 spiro atoms. The van der Waals surface area contributed by atoms with E-state index < -0.39 is 16.1 Å². The summed E-state index contributed by atoms with van der Waals surface area (Å²) in [5, 5.41) is 3.78. The van der Waals surface area contributed by atoms with Crippen LogP contribution in [-0.2, 0) is 10.0 Å². The average molecular weight is 362 g/mol.